The van der Waals surface area contributed by atoms with Crippen molar-refractivity contribution in [2.24, 2.45) is 0 Å². The number of hydrogen-bond acceptors (Lipinski definition) is 0. The molecule has 1 nitrogen and oxygen atoms in total. The Hall–Kier alpha value is -1.13. The average molecular weight is 424 g/mol. The number of hydrogen-bond donors (Lipinski definition) is 0. The second-order valence-corrected chi connectivity index (χ2v) is 7.22. The van der Waals surface area contributed by atoms with Crippen molar-refractivity contribution in [2.45, 2.75) is 19.3 Å². The maximum absolute atomic E-state index is 2.33. The van der Waals surface area contributed by atoms with Crippen LogP contribution in [-0.4, -0.2) is 17.3 Å². The predicted molar refractivity (Wildman–Crippen MR) is 98.5 cm³/mol. The highest BCUT2D eigenvalue weighted by molar-refractivity contribution is 14.1. The minimum Gasteiger partial charge on any atom is -1.00 e. The third-order valence-electron chi connectivity index (χ3n) is 4.24. The summed E-state index contributed by atoms with van der Waals surface area (Å²) in [4.78, 5) is 0. The van der Waals surface area contributed by atoms with Gasteiger partial charge in [0, 0.05) is 21.3 Å². The standard InChI is InChI=1S/C19H19IN.ClH/c1-19(2)16-6-4-5-7-17(16)21(3)18(19)13-10-14-8-11-15(20)12-9-14;/h4-13H,1-3H3;1H/q+1;/p-1/b13-10+;. The summed E-state index contributed by atoms with van der Waals surface area (Å²) in [6, 6.07) is 17.3. The molecule has 0 radical (unpaired) electrons. The lowest BCUT2D eigenvalue weighted by atomic mass is 9.81. The normalized spacial score (nSPS) is 15.8. The second-order valence-electron chi connectivity index (χ2n) is 5.97. The van der Waals surface area contributed by atoms with Crippen LogP contribution in [0.4, 0.5) is 5.69 Å². The van der Waals surface area contributed by atoms with E-state index in [-0.39, 0.29) is 17.8 Å². The first kappa shape index (κ1) is 17.2. The maximum Gasteiger partial charge on any atom is 0.209 e. The van der Waals surface area contributed by atoms with E-state index in [0.717, 1.165) is 0 Å². The number of rotatable bonds is 2. The Balaban J connectivity index is 0.00000176. The van der Waals surface area contributed by atoms with Gasteiger partial charge in [-0.3, -0.25) is 0 Å². The van der Waals surface area contributed by atoms with Gasteiger partial charge < -0.3 is 12.4 Å². The molecule has 0 aromatic heterocycles. The fourth-order valence-electron chi connectivity index (χ4n) is 3.05. The van der Waals surface area contributed by atoms with Crippen LogP contribution in [0.3, 0.4) is 0 Å². The first-order valence-electron chi connectivity index (χ1n) is 7.14. The lowest BCUT2D eigenvalue weighted by Crippen LogP contribution is -3.00. The third-order valence-corrected chi connectivity index (χ3v) is 4.96. The number of benzene rings is 2. The van der Waals surface area contributed by atoms with Crippen molar-refractivity contribution in [1.82, 2.24) is 0 Å². The van der Waals surface area contributed by atoms with E-state index < -0.39 is 0 Å². The molecule has 0 spiro atoms. The molecule has 0 atom stereocenters. The number of para-hydroxylation sites is 1. The lowest BCUT2D eigenvalue weighted by Gasteiger charge is -2.15. The van der Waals surface area contributed by atoms with E-state index in [1.54, 1.807) is 0 Å². The minimum atomic E-state index is 0. The Morgan fingerprint density at radius 3 is 2.23 bits per heavy atom. The molecule has 0 aliphatic carbocycles. The van der Waals surface area contributed by atoms with Gasteiger partial charge in [0.2, 0.25) is 5.69 Å². The van der Waals surface area contributed by atoms with Gasteiger partial charge in [-0.1, -0.05) is 30.3 Å². The van der Waals surface area contributed by atoms with Gasteiger partial charge in [-0.25, -0.2) is 0 Å². The number of fused-ring (bicyclic) bond motifs is 1. The molecule has 2 aromatic rings. The van der Waals surface area contributed by atoms with E-state index in [0.29, 0.717) is 0 Å². The Bertz CT molecular complexity index is 742. The summed E-state index contributed by atoms with van der Waals surface area (Å²) in [7, 11) is 2.15. The van der Waals surface area contributed by atoms with Gasteiger partial charge in [-0.15, -0.1) is 0 Å². The van der Waals surface area contributed by atoms with Gasteiger partial charge in [0.25, 0.3) is 0 Å². The topological polar surface area (TPSA) is 3.01 Å². The summed E-state index contributed by atoms with van der Waals surface area (Å²) in [6.07, 6.45) is 4.46. The van der Waals surface area contributed by atoms with E-state index in [9.17, 15) is 0 Å². The smallest absolute Gasteiger partial charge is 0.209 e. The number of allylic oxidation sites excluding steroid dienone is 1. The van der Waals surface area contributed by atoms with Crippen molar-refractivity contribution >= 4 is 40.1 Å². The fourth-order valence-corrected chi connectivity index (χ4v) is 3.41. The van der Waals surface area contributed by atoms with Crippen LogP contribution < -0.4 is 12.4 Å². The van der Waals surface area contributed by atoms with Gasteiger partial charge in [0.15, 0.2) is 5.71 Å². The van der Waals surface area contributed by atoms with Crippen LogP contribution in [0.1, 0.15) is 25.0 Å². The minimum absolute atomic E-state index is 0. The Labute approximate surface area is 152 Å². The number of nitrogens with zero attached hydrogens (tertiary/aromatic N) is 1. The molecule has 0 saturated carbocycles. The second kappa shape index (κ2) is 6.55. The van der Waals surface area contributed by atoms with Crippen LogP contribution >= 0.6 is 22.6 Å². The predicted octanol–water partition coefficient (Wildman–Crippen LogP) is 2.01. The molecule has 0 unspecified atom stereocenters. The quantitative estimate of drug-likeness (QED) is 0.514. The van der Waals surface area contributed by atoms with Gasteiger partial charge in [-0.2, -0.15) is 4.58 Å². The Kier molecular flexibility index (Phi) is 5.13. The molecular weight excluding hydrogens is 405 g/mol. The highest BCUT2D eigenvalue weighted by Crippen LogP contribution is 2.39. The van der Waals surface area contributed by atoms with Crippen LogP contribution in [0.15, 0.2) is 54.6 Å². The average Bonchev–Trinajstić information content (AvgIpc) is 2.67. The van der Waals surface area contributed by atoms with E-state index in [4.69, 9.17) is 0 Å². The summed E-state index contributed by atoms with van der Waals surface area (Å²) in [5.41, 5.74) is 5.33. The first-order valence-corrected chi connectivity index (χ1v) is 8.22. The van der Waals surface area contributed by atoms with Crippen LogP contribution in [0, 0.1) is 3.57 Å². The zero-order chi connectivity index (χ0) is 15.0. The van der Waals surface area contributed by atoms with Crippen LogP contribution in [0.5, 0.6) is 0 Å². The highest BCUT2D eigenvalue weighted by Gasteiger charge is 2.42. The molecule has 2 aromatic carbocycles. The van der Waals surface area contributed by atoms with E-state index in [2.05, 4.69) is 109 Å². The highest BCUT2D eigenvalue weighted by atomic mass is 127. The Morgan fingerprint density at radius 2 is 1.59 bits per heavy atom. The van der Waals surface area contributed by atoms with E-state index in [1.807, 2.05) is 0 Å². The van der Waals surface area contributed by atoms with Crippen molar-refractivity contribution in [1.29, 1.82) is 0 Å². The SMILES string of the molecule is C[N+]1=C(/C=C/c2ccc(I)cc2)C(C)(C)c2ccccc21.[Cl-]. The number of halogens is 2. The van der Waals surface area contributed by atoms with Gasteiger partial charge >= 0.3 is 0 Å². The molecule has 0 amide bonds. The monoisotopic (exact) mass is 423 g/mol. The Morgan fingerprint density at radius 1 is 0.955 bits per heavy atom. The van der Waals surface area contributed by atoms with Crippen LogP contribution in [0.25, 0.3) is 6.08 Å². The molecule has 22 heavy (non-hydrogen) atoms. The molecule has 3 heteroatoms. The summed E-state index contributed by atoms with van der Waals surface area (Å²) >= 11 is 2.33. The zero-order valence-corrected chi connectivity index (χ0v) is 15.9. The molecule has 0 N–H and O–H groups in total. The molecule has 1 heterocycles. The fraction of sp³-hybridized carbons (Fsp3) is 0.211. The van der Waals surface area contributed by atoms with Crippen molar-refractivity contribution < 1.29 is 17.0 Å². The van der Waals surface area contributed by atoms with E-state index in [1.165, 1.54) is 26.1 Å². The molecule has 0 bridgehead atoms. The molecule has 0 saturated heterocycles. The molecule has 0 fully saturated rings. The molecular formula is C19H19ClIN. The van der Waals surface area contributed by atoms with Crippen molar-refractivity contribution in [2.75, 3.05) is 7.05 Å². The largest absolute Gasteiger partial charge is 1.00 e. The van der Waals surface area contributed by atoms with Crippen LogP contribution in [-0.2, 0) is 5.41 Å². The molecule has 3 rings (SSSR count). The summed E-state index contributed by atoms with van der Waals surface area (Å²) in [5, 5.41) is 0. The van der Waals surface area contributed by atoms with Gasteiger partial charge in [0.05, 0.1) is 5.41 Å². The van der Waals surface area contributed by atoms with Crippen molar-refractivity contribution in [3.05, 3.63) is 69.3 Å². The van der Waals surface area contributed by atoms with E-state index >= 15 is 0 Å². The van der Waals surface area contributed by atoms with Crippen molar-refractivity contribution in [3.8, 4) is 0 Å². The van der Waals surface area contributed by atoms with Gasteiger partial charge in [-0.05, 0) is 60.2 Å². The van der Waals surface area contributed by atoms with Crippen LogP contribution in [0.2, 0.25) is 0 Å². The maximum atomic E-state index is 2.33. The zero-order valence-electron chi connectivity index (χ0n) is 13.0. The van der Waals surface area contributed by atoms with Crippen molar-refractivity contribution in [3.63, 3.8) is 0 Å². The summed E-state index contributed by atoms with van der Waals surface area (Å²) in [5.74, 6) is 0. The third kappa shape index (κ3) is 2.99. The first-order chi connectivity index (χ1) is 10.00. The summed E-state index contributed by atoms with van der Waals surface area (Å²) in [6.45, 7) is 4.59. The molecule has 1 aliphatic rings. The molecule has 114 valence electrons. The molecule has 1 aliphatic heterocycles. The summed E-state index contributed by atoms with van der Waals surface area (Å²) < 4.78 is 3.57. The lowest BCUT2D eigenvalue weighted by molar-refractivity contribution is -0.401. The van der Waals surface area contributed by atoms with Gasteiger partial charge in [0.1, 0.15) is 7.05 Å².